The molecule has 0 aliphatic carbocycles. The fourth-order valence-electron chi connectivity index (χ4n) is 1.57. The van der Waals surface area contributed by atoms with Gasteiger partial charge in [-0.25, -0.2) is 0 Å². The van der Waals surface area contributed by atoms with Crippen LogP contribution in [0.4, 0.5) is 0 Å². The van der Waals surface area contributed by atoms with Gasteiger partial charge in [-0.2, -0.15) is 0 Å². The summed E-state index contributed by atoms with van der Waals surface area (Å²) in [5.41, 5.74) is 0. The number of rotatable bonds is 9. The lowest BCUT2D eigenvalue weighted by molar-refractivity contribution is -0.100. The lowest BCUT2D eigenvalue weighted by Crippen LogP contribution is -2.37. The van der Waals surface area contributed by atoms with Crippen LogP contribution >= 0.6 is 0 Å². The van der Waals surface area contributed by atoms with Gasteiger partial charge in [-0.15, -0.1) is 0 Å². The Labute approximate surface area is 88.2 Å². The Bertz CT molecular complexity index is 110. The van der Waals surface area contributed by atoms with Crippen LogP contribution in [0.2, 0.25) is 0 Å². The molecule has 0 saturated heterocycles. The predicted octanol–water partition coefficient (Wildman–Crippen LogP) is 2.16. The summed E-state index contributed by atoms with van der Waals surface area (Å²) in [4.78, 5) is 0. The topological polar surface area (TPSA) is 30.5 Å². The van der Waals surface area contributed by atoms with E-state index in [0.717, 1.165) is 6.54 Å². The average molecular weight is 203 g/mol. The number of ether oxygens (including phenoxy) is 2. The van der Waals surface area contributed by atoms with Gasteiger partial charge in [0.05, 0.1) is 0 Å². The number of methoxy groups -OCH3 is 2. The highest BCUT2D eigenvalue weighted by Crippen LogP contribution is 2.04. The zero-order valence-corrected chi connectivity index (χ0v) is 10.0. The third kappa shape index (κ3) is 6.35. The quantitative estimate of drug-likeness (QED) is 0.583. The monoisotopic (exact) mass is 203 g/mol. The van der Waals surface area contributed by atoms with Gasteiger partial charge in [-0.1, -0.05) is 26.7 Å². The molecule has 14 heavy (non-hydrogen) atoms. The SMILES string of the molecule is CCCC(CCC)NCC(OC)OC. The lowest BCUT2D eigenvalue weighted by atomic mass is 10.1. The number of hydrogen-bond acceptors (Lipinski definition) is 3. The van der Waals surface area contributed by atoms with Crippen LogP contribution < -0.4 is 5.32 Å². The molecule has 0 saturated carbocycles. The van der Waals surface area contributed by atoms with Crippen molar-refractivity contribution >= 4 is 0 Å². The minimum Gasteiger partial charge on any atom is -0.355 e. The van der Waals surface area contributed by atoms with E-state index in [4.69, 9.17) is 9.47 Å². The first-order valence-corrected chi connectivity index (χ1v) is 5.57. The van der Waals surface area contributed by atoms with Crippen LogP contribution in [-0.4, -0.2) is 33.1 Å². The van der Waals surface area contributed by atoms with Crippen molar-refractivity contribution in [1.29, 1.82) is 0 Å². The van der Waals surface area contributed by atoms with E-state index < -0.39 is 0 Å². The summed E-state index contributed by atoms with van der Waals surface area (Å²) >= 11 is 0. The van der Waals surface area contributed by atoms with Crippen LogP contribution in [0.15, 0.2) is 0 Å². The molecule has 0 unspecified atom stereocenters. The van der Waals surface area contributed by atoms with Gasteiger partial charge in [0.25, 0.3) is 0 Å². The Morgan fingerprint density at radius 3 is 1.86 bits per heavy atom. The van der Waals surface area contributed by atoms with Gasteiger partial charge in [0.15, 0.2) is 6.29 Å². The van der Waals surface area contributed by atoms with Crippen molar-refractivity contribution in [3.63, 3.8) is 0 Å². The molecule has 0 aromatic carbocycles. The van der Waals surface area contributed by atoms with Gasteiger partial charge >= 0.3 is 0 Å². The second kappa shape index (κ2) is 9.44. The van der Waals surface area contributed by atoms with Crippen molar-refractivity contribution in [3.8, 4) is 0 Å². The largest absolute Gasteiger partial charge is 0.355 e. The van der Waals surface area contributed by atoms with Gasteiger partial charge in [0, 0.05) is 26.8 Å². The molecule has 3 heteroatoms. The van der Waals surface area contributed by atoms with Gasteiger partial charge in [0.2, 0.25) is 0 Å². The van der Waals surface area contributed by atoms with Crippen LogP contribution in [0, 0.1) is 0 Å². The van der Waals surface area contributed by atoms with Gasteiger partial charge < -0.3 is 14.8 Å². The molecule has 0 atom stereocenters. The Balaban J connectivity index is 3.67. The van der Waals surface area contributed by atoms with E-state index in [1.165, 1.54) is 25.7 Å². The van der Waals surface area contributed by atoms with E-state index in [0.29, 0.717) is 6.04 Å². The summed E-state index contributed by atoms with van der Waals surface area (Å²) in [5.74, 6) is 0. The van der Waals surface area contributed by atoms with Gasteiger partial charge in [-0.3, -0.25) is 0 Å². The second-order valence-electron chi connectivity index (χ2n) is 3.58. The summed E-state index contributed by atoms with van der Waals surface area (Å²) in [5, 5.41) is 3.47. The molecule has 86 valence electrons. The smallest absolute Gasteiger partial charge is 0.169 e. The van der Waals surface area contributed by atoms with E-state index in [9.17, 15) is 0 Å². The molecule has 0 rings (SSSR count). The maximum Gasteiger partial charge on any atom is 0.169 e. The Morgan fingerprint density at radius 1 is 1.00 bits per heavy atom. The molecule has 0 aromatic rings. The Kier molecular flexibility index (Phi) is 9.35. The van der Waals surface area contributed by atoms with Crippen molar-refractivity contribution in [2.24, 2.45) is 0 Å². The molecule has 0 spiro atoms. The molecule has 0 aromatic heterocycles. The molecule has 0 aliphatic heterocycles. The van der Waals surface area contributed by atoms with Crippen LogP contribution in [0.1, 0.15) is 39.5 Å². The fraction of sp³-hybridized carbons (Fsp3) is 1.00. The van der Waals surface area contributed by atoms with Crippen molar-refractivity contribution in [3.05, 3.63) is 0 Å². The van der Waals surface area contributed by atoms with Crippen LogP contribution in [0.25, 0.3) is 0 Å². The molecule has 0 radical (unpaired) electrons. The standard InChI is InChI=1S/C11H25NO2/c1-5-7-10(8-6-2)12-9-11(13-3)14-4/h10-12H,5-9H2,1-4H3. The molecule has 1 N–H and O–H groups in total. The number of nitrogens with one attached hydrogen (secondary N) is 1. The van der Waals surface area contributed by atoms with Crippen molar-refractivity contribution in [1.82, 2.24) is 5.32 Å². The molecule has 0 aliphatic rings. The van der Waals surface area contributed by atoms with E-state index in [2.05, 4.69) is 19.2 Å². The van der Waals surface area contributed by atoms with Crippen LogP contribution in [-0.2, 0) is 9.47 Å². The zero-order valence-electron chi connectivity index (χ0n) is 10.0. The second-order valence-corrected chi connectivity index (χ2v) is 3.58. The van der Waals surface area contributed by atoms with E-state index in [-0.39, 0.29) is 6.29 Å². The molecule has 0 fully saturated rings. The summed E-state index contributed by atoms with van der Waals surface area (Å²) in [6.45, 7) is 5.21. The van der Waals surface area contributed by atoms with Crippen LogP contribution in [0.5, 0.6) is 0 Å². The fourth-order valence-corrected chi connectivity index (χ4v) is 1.57. The Morgan fingerprint density at radius 2 is 1.50 bits per heavy atom. The first-order chi connectivity index (χ1) is 6.78. The summed E-state index contributed by atoms with van der Waals surface area (Å²) in [6.07, 6.45) is 4.79. The maximum atomic E-state index is 5.12. The van der Waals surface area contributed by atoms with Crippen molar-refractivity contribution in [2.45, 2.75) is 51.9 Å². The molecule has 0 heterocycles. The third-order valence-electron chi connectivity index (χ3n) is 2.37. The van der Waals surface area contributed by atoms with E-state index in [1.54, 1.807) is 14.2 Å². The normalized spacial score (nSPS) is 11.6. The summed E-state index contributed by atoms with van der Waals surface area (Å²) < 4.78 is 10.2. The summed E-state index contributed by atoms with van der Waals surface area (Å²) in [6, 6.07) is 0.609. The summed E-state index contributed by atoms with van der Waals surface area (Å²) in [7, 11) is 3.34. The van der Waals surface area contributed by atoms with Gasteiger partial charge in [0.1, 0.15) is 0 Å². The first kappa shape index (κ1) is 13.9. The van der Waals surface area contributed by atoms with Crippen LogP contribution in [0.3, 0.4) is 0 Å². The minimum absolute atomic E-state index is 0.119. The van der Waals surface area contributed by atoms with Crippen molar-refractivity contribution < 1.29 is 9.47 Å². The van der Waals surface area contributed by atoms with Gasteiger partial charge in [-0.05, 0) is 12.8 Å². The zero-order chi connectivity index (χ0) is 10.8. The third-order valence-corrected chi connectivity index (χ3v) is 2.37. The molecule has 0 amide bonds. The highest BCUT2D eigenvalue weighted by molar-refractivity contribution is 4.66. The first-order valence-electron chi connectivity index (χ1n) is 5.57. The molecular formula is C11H25NO2. The lowest BCUT2D eigenvalue weighted by Gasteiger charge is -2.20. The predicted molar refractivity (Wildman–Crippen MR) is 59.4 cm³/mol. The average Bonchev–Trinajstić information content (AvgIpc) is 2.20. The minimum atomic E-state index is -0.119. The molecular weight excluding hydrogens is 178 g/mol. The number of hydrogen-bond donors (Lipinski definition) is 1. The Hall–Kier alpha value is -0.120. The van der Waals surface area contributed by atoms with E-state index >= 15 is 0 Å². The maximum absolute atomic E-state index is 5.12. The highest BCUT2D eigenvalue weighted by Gasteiger charge is 2.09. The highest BCUT2D eigenvalue weighted by atomic mass is 16.7. The van der Waals surface area contributed by atoms with E-state index in [1.807, 2.05) is 0 Å². The molecule has 0 bridgehead atoms. The van der Waals surface area contributed by atoms with Crippen molar-refractivity contribution in [2.75, 3.05) is 20.8 Å². The molecule has 3 nitrogen and oxygen atoms in total.